The maximum absolute atomic E-state index is 12.2. The Morgan fingerprint density at radius 3 is 2.57 bits per heavy atom. The lowest BCUT2D eigenvalue weighted by Crippen LogP contribution is -2.32. The van der Waals surface area contributed by atoms with E-state index >= 15 is 0 Å². The van der Waals surface area contributed by atoms with E-state index in [0.29, 0.717) is 18.8 Å². The number of carbonyl (C=O) groups is 1. The van der Waals surface area contributed by atoms with Crippen molar-refractivity contribution >= 4 is 11.6 Å². The molecule has 0 fully saturated rings. The van der Waals surface area contributed by atoms with Crippen LogP contribution in [-0.2, 0) is 4.79 Å². The summed E-state index contributed by atoms with van der Waals surface area (Å²) in [5.41, 5.74) is 1.61. The fraction of sp³-hybridized carbons (Fsp3) is 0.188. The van der Waals surface area contributed by atoms with E-state index in [0.717, 1.165) is 5.69 Å². The molecule has 0 saturated heterocycles. The third-order valence-electron chi connectivity index (χ3n) is 2.63. The van der Waals surface area contributed by atoms with Gasteiger partial charge in [0.2, 0.25) is 0 Å². The Bertz CT molecular complexity index is 571. The Labute approximate surface area is 124 Å². The highest BCUT2D eigenvalue weighted by Gasteiger charge is 2.15. The molecule has 1 heterocycles. The monoisotopic (exact) mass is 282 g/mol. The van der Waals surface area contributed by atoms with Crippen LogP contribution in [0.2, 0.25) is 0 Å². The van der Waals surface area contributed by atoms with Crippen LogP contribution >= 0.6 is 0 Å². The molecular weight excluding hydrogens is 264 g/mol. The Morgan fingerprint density at radius 1 is 1.43 bits per heavy atom. The van der Waals surface area contributed by atoms with Gasteiger partial charge < -0.3 is 10.2 Å². The number of nitriles is 1. The number of aromatic nitrogens is 1. The highest BCUT2D eigenvalue weighted by atomic mass is 16.2. The number of rotatable bonds is 7. The largest absolute Gasteiger partial charge is 0.359 e. The first kappa shape index (κ1) is 16.2. The Kier molecular flexibility index (Phi) is 6.42. The Balaban J connectivity index is 2.84. The van der Waals surface area contributed by atoms with Gasteiger partial charge in [-0.1, -0.05) is 12.2 Å². The van der Waals surface area contributed by atoms with Gasteiger partial charge in [-0.3, -0.25) is 9.78 Å². The number of aryl methyl sites for hydroxylation is 1. The van der Waals surface area contributed by atoms with Crippen molar-refractivity contribution in [2.45, 2.75) is 6.92 Å². The van der Waals surface area contributed by atoms with Gasteiger partial charge in [0.15, 0.2) is 0 Å². The molecule has 0 radical (unpaired) electrons. The average Bonchev–Trinajstić information content (AvgIpc) is 2.49. The number of anilines is 1. The summed E-state index contributed by atoms with van der Waals surface area (Å²) >= 11 is 0. The quantitative estimate of drug-likeness (QED) is 0.473. The number of pyridine rings is 1. The smallest absolute Gasteiger partial charge is 0.266 e. The lowest BCUT2D eigenvalue weighted by atomic mass is 10.2. The SMILES string of the molecule is C=CCN(CC=C)C(=O)/C(C#N)=C\Nc1ccc(C)nc1. The van der Waals surface area contributed by atoms with Crippen LogP contribution in [-0.4, -0.2) is 28.9 Å². The summed E-state index contributed by atoms with van der Waals surface area (Å²) in [6, 6.07) is 5.56. The van der Waals surface area contributed by atoms with Gasteiger partial charge in [0.1, 0.15) is 11.6 Å². The minimum atomic E-state index is -0.370. The van der Waals surface area contributed by atoms with Crippen molar-refractivity contribution < 1.29 is 4.79 Å². The van der Waals surface area contributed by atoms with Gasteiger partial charge in [-0.25, -0.2) is 0 Å². The number of hydrogen-bond acceptors (Lipinski definition) is 4. The summed E-state index contributed by atoms with van der Waals surface area (Å²) in [6.45, 7) is 9.79. The Morgan fingerprint density at radius 2 is 2.10 bits per heavy atom. The summed E-state index contributed by atoms with van der Waals surface area (Å²) < 4.78 is 0. The van der Waals surface area contributed by atoms with Crippen LogP contribution in [0.15, 0.2) is 55.4 Å². The molecule has 0 bridgehead atoms. The summed E-state index contributed by atoms with van der Waals surface area (Å²) in [7, 11) is 0. The van der Waals surface area contributed by atoms with Crippen LogP contribution in [0, 0.1) is 18.3 Å². The molecule has 1 rings (SSSR count). The second-order valence-electron chi connectivity index (χ2n) is 4.29. The predicted molar refractivity (Wildman–Crippen MR) is 83.3 cm³/mol. The number of carbonyl (C=O) groups excluding carboxylic acids is 1. The third-order valence-corrected chi connectivity index (χ3v) is 2.63. The van der Waals surface area contributed by atoms with Crippen molar-refractivity contribution in [3.63, 3.8) is 0 Å². The normalized spacial score (nSPS) is 10.4. The summed E-state index contributed by atoms with van der Waals surface area (Å²) in [4.78, 5) is 17.8. The molecule has 0 unspecified atom stereocenters. The molecule has 1 N–H and O–H groups in total. The number of nitrogens with one attached hydrogen (secondary N) is 1. The standard InChI is InChI=1S/C16H18N4O/c1-4-8-20(9-5-2)16(21)14(10-17)11-19-15-7-6-13(3)18-12-15/h4-7,11-12,19H,1-2,8-9H2,3H3/b14-11-. The van der Waals surface area contributed by atoms with E-state index < -0.39 is 0 Å². The molecule has 0 aliphatic heterocycles. The van der Waals surface area contributed by atoms with Crippen molar-refractivity contribution in [1.29, 1.82) is 5.26 Å². The zero-order chi connectivity index (χ0) is 15.7. The van der Waals surface area contributed by atoms with Gasteiger partial charge in [-0.2, -0.15) is 5.26 Å². The number of hydrogen-bond donors (Lipinski definition) is 1. The fourth-order valence-electron chi connectivity index (χ4n) is 1.57. The van der Waals surface area contributed by atoms with Crippen molar-refractivity contribution in [3.8, 4) is 6.07 Å². The minimum Gasteiger partial charge on any atom is -0.359 e. The minimum absolute atomic E-state index is 0.0132. The molecule has 108 valence electrons. The van der Waals surface area contributed by atoms with Crippen LogP contribution in [0.5, 0.6) is 0 Å². The van der Waals surface area contributed by atoms with Crippen molar-refractivity contribution in [3.05, 3.63) is 61.1 Å². The van der Waals surface area contributed by atoms with E-state index in [1.165, 1.54) is 11.1 Å². The van der Waals surface area contributed by atoms with Crippen LogP contribution in [0.4, 0.5) is 5.69 Å². The highest BCUT2D eigenvalue weighted by molar-refractivity contribution is 5.97. The molecule has 1 aromatic heterocycles. The molecule has 21 heavy (non-hydrogen) atoms. The zero-order valence-electron chi connectivity index (χ0n) is 12.0. The number of amides is 1. The number of nitrogens with zero attached hydrogens (tertiary/aromatic N) is 3. The molecule has 0 atom stereocenters. The summed E-state index contributed by atoms with van der Waals surface area (Å²) in [6.07, 6.45) is 6.23. The second kappa shape index (κ2) is 8.33. The molecule has 1 amide bonds. The molecule has 0 aliphatic carbocycles. The van der Waals surface area contributed by atoms with E-state index in [9.17, 15) is 4.79 Å². The maximum Gasteiger partial charge on any atom is 0.266 e. The lowest BCUT2D eigenvalue weighted by molar-refractivity contribution is -0.125. The van der Waals surface area contributed by atoms with E-state index in [1.54, 1.807) is 18.3 Å². The van der Waals surface area contributed by atoms with Crippen molar-refractivity contribution in [2.75, 3.05) is 18.4 Å². The topological polar surface area (TPSA) is 69.0 Å². The van der Waals surface area contributed by atoms with Gasteiger partial charge in [0.05, 0.1) is 11.9 Å². The second-order valence-corrected chi connectivity index (χ2v) is 4.29. The van der Waals surface area contributed by atoms with Crippen molar-refractivity contribution in [2.24, 2.45) is 0 Å². The van der Waals surface area contributed by atoms with Gasteiger partial charge in [-0.15, -0.1) is 13.2 Å². The van der Waals surface area contributed by atoms with Crippen LogP contribution < -0.4 is 5.32 Å². The molecule has 5 heteroatoms. The Hall–Kier alpha value is -2.87. The van der Waals surface area contributed by atoms with E-state index in [-0.39, 0.29) is 11.5 Å². The molecular formula is C16H18N4O. The molecule has 5 nitrogen and oxygen atoms in total. The third kappa shape index (κ3) is 4.96. The van der Waals surface area contributed by atoms with E-state index in [4.69, 9.17) is 5.26 Å². The zero-order valence-corrected chi connectivity index (χ0v) is 12.0. The predicted octanol–water partition coefficient (Wildman–Crippen LogP) is 2.41. The van der Waals surface area contributed by atoms with Gasteiger partial charge in [0.25, 0.3) is 5.91 Å². The molecule has 0 spiro atoms. The molecule has 0 aromatic carbocycles. The van der Waals surface area contributed by atoms with Crippen LogP contribution in [0.1, 0.15) is 5.69 Å². The van der Waals surface area contributed by atoms with Gasteiger partial charge in [0, 0.05) is 25.0 Å². The van der Waals surface area contributed by atoms with Crippen LogP contribution in [0.3, 0.4) is 0 Å². The summed E-state index contributed by atoms with van der Waals surface area (Å²) in [5, 5.41) is 12.0. The first-order valence-electron chi connectivity index (χ1n) is 6.43. The first-order chi connectivity index (χ1) is 10.1. The molecule has 0 saturated carbocycles. The van der Waals surface area contributed by atoms with Crippen molar-refractivity contribution in [1.82, 2.24) is 9.88 Å². The van der Waals surface area contributed by atoms with Gasteiger partial charge >= 0.3 is 0 Å². The van der Waals surface area contributed by atoms with E-state index in [2.05, 4.69) is 23.5 Å². The van der Waals surface area contributed by atoms with Gasteiger partial charge in [-0.05, 0) is 19.1 Å². The van der Waals surface area contributed by atoms with E-state index in [1.807, 2.05) is 25.1 Å². The van der Waals surface area contributed by atoms with Crippen LogP contribution in [0.25, 0.3) is 0 Å². The summed E-state index contributed by atoms with van der Waals surface area (Å²) in [5.74, 6) is -0.370. The molecule has 1 aromatic rings. The fourth-order valence-corrected chi connectivity index (χ4v) is 1.57. The maximum atomic E-state index is 12.2. The first-order valence-corrected chi connectivity index (χ1v) is 6.43. The lowest BCUT2D eigenvalue weighted by Gasteiger charge is -2.18. The average molecular weight is 282 g/mol. The highest BCUT2D eigenvalue weighted by Crippen LogP contribution is 2.08. The molecule has 0 aliphatic rings.